The van der Waals surface area contributed by atoms with Crippen molar-refractivity contribution in [2.45, 2.75) is 18.9 Å². The SMILES string of the molecule is O=C(c1ccc([N+](=O)[O-])cc1F)N1CCN(C2CC2)CC1. The molecular formula is C14H16FN3O3. The maximum atomic E-state index is 13.9. The fourth-order valence-corrected chi connectivity index (χ4v) is 2.69. The third-order valence-electron chi connectivity index (χ3n) is 4.06. The fourth-order valence-electron chi connectivity index (χ4n) is 2.69. The van der Waals surface area contributed by atoms with Crippen molar-refractivity contribution in [3.8, 4) is 0 Å². The number of hydrogen-bond donors (Lipinski definition) is 0. The molecule has 6 nitrogen and oxygen atoms in total. The van der Waals surface area contributed by atoms with Gasteiger partial charge in [-0.15, -0.1) is 0 Å². The van der Waals surface area contributed by atoms with Crippen LogP contribution < -0.4 is 0 Å². The number of halogens is 1. The Hall–Kier alpha value is -2.02. The van der Waals surface area contributed by atoms with Gasteiger partial charge in [-0.2, -0.15) is 0 Å². The van der Waals surface area contributed by atoms with Crippen LogP contribution in [0.25, 0.3) is 0 Å². The molecule has 1 aliphatic carbocycles. The van der Waals surface area contributed by atoms with Gasteiger partial charge >= 0.3 is 0 Å². The molecule has 0 aromatic heterocycles. The summed E-state index contributed by atoms with van der Waals surface area (Å²) in [6, 6.07) is 3.83. The van der Waals surface area contributed by atoms with Gasteiger partial charge < -0.3 is 4.90 Å². The first kappa shape index (κ1) is 13.9. The minimum absolute atomic E-state index is 0.0968. The summed E-state index contributed by atoms with van der Waals surface area (Å²) >= 11 is 0. The zero-order chi connectivity index (χ0) is 15.0. The summed E-state index contributed by atoms with van der Waals surface area (Å²) in [5.41, 5.74) is -0.442. The van der Waals surface area contributed by atoms with Crippen molar-refractivity contribution in [1.82, 2.24) is 9.80 Å². The van der Waals surface area contributed by atoms with E-state index in [4.69, 9.17) is 0 Å². The van der Waals surface area contributed by atoms with Crippen LogP contribution in [0.4, 0.5) is 10.1 Å². The van der Waals surface area contributed by atoms with Crippen molar-refractivity contribution in [2.24, 2.45) is 0 Å². The summed E-state index contributed by atoms with van der Waals surface area (Å²) in [6.45, 7) is 2.77. The lowest BCUT2D eigenvalue weighted by Crippen LogP contribution is -2.49. The third-order valence-corrected chi connectivity index (χ3v) is 4.06. The zero-order valence-electron chi connectivity index (χ0n) is 11.5. The van der Waals surface area contributed by atoms with E-state index in [1.807, 2.05) is 0 Å². The molecule has 1 amide bonds. The number of hydrogen-bond acceptors (Lipinski definition) is 4. The quantitative estimate of drug-likeness (QED) is 0.628. The molecule has 21 heavy (non-hydrogen) atoms. The molecule has 3 rings (SSSR count). The molecule has 0 N–H and O–H groups in total. The Balaban J connectivity index is 1.69. The largest absolute Gasteiger partial charge is 0.336 e. The van der Waals surface area contributed by atoms with Crippen LogP contribution in [0.15, 0.2) is 18.2 Å². The predicted octanol–water partition coefficient (Wildman–Crippen LogP) is 1.65. The monoisotopic (exact) mass is 293 g/mol. The molecule has 1 heterocycles. The molecule has 2 aliphatic rings. The smallest absolute Gasteiger partial charge is 0.272 e. The van der Waals surface area contributed by atoms with E-state index in [-0.39, 0.29) is 11.3 Å². The van der Waals surface area contributed by atoms with Crippen molar-refractivity contribution >= 4 is 11.6 Å². The average molecular weight is 293 g/mol. The van der Waals surface area contributed by atoms with Gasteiger partial charge in [0.15, 0.2) is 0 Å². The van der Waals surface area contributed by atoms with Crippen molar-refractivity contribution in [3.05, 3.63) is 39.7 Å². The number of carbonyl (C=O) groups excluding carboxylic acids is 1. The molecule has 2 fully saturated rings. The number of benzene rings is 1. The topological polar surface area (TPSA) is 66.7 Å². The van der Waals surface area contributed by atoms with Crippen LogP contribution in [0.3, 0.4) is 0 Å². The number of rotatable bonds is 3. The van der Waals surface area contributed by atoms with E-state index in [1.165, 1.54) is 18.9 Å². The number of nitro groups is 1. The van der Waals surface area contributed by atoms with Crippen molar-refractivity contribution in [3.63, 3.8) is 0 Å². The van der Waals surface area contributed by atoms with E-state index in [1.54, 1.807) is 4.90 Å². The average Bonchev–Trinajstić information content (AvgIpc) is 3.31. The highest BCUT2D eigenvalue weighted by Gasteiger charge is 2.33. The summed E-state index contributed by atoms with van der Waals surface area (Å²) in [4.78, 5) is 26.2. The number of non-ortho nitro benzene ring substituents is 1. The van der Waals surface area contributed by atoms with E-state index < -0.39 is 16.6 Å². The van der Waals surface area contributed by atoms with Gasteiger partial charge in [-0.3, -0.25) is 19.8 Å². The predicted molar refractivity (Wildman–Crippen MR) is 73.6 cm³/mol. The molecular weight excluding hydrogens is 277 g/mol. The maximum Gasteiger partial charge on any atom is 0.272 e. The van der Waals surface area contributed by atoms with Gasteiger partial charge in [-0.1, -0.05) is 0 Å². The lowest BCUT2D eigenvalue weighted by Gasteiger charge is -2.34. The second-order valence-corrected chi connectivity index (χ2v) is 5.48. The van der Waals surface area contributed by atoms with Crippen LogP contribution in [-0.4, -0.2) is 52.9 Å². The minimum atomic E-state index is -0.834. The standard InChI is InChI=1S/C14H16FN3O3/c15-13-9-11(18(20)21)3-4-12(13)14(19)17-7-5-16(6-8-17)10-1-2-10/h3-4,9-10H,1-2,5-8H2. The summed E-state index contributed by atoms with van der Waals surface area (Å²) in [5.74, 6) is -1.23. The number of nitro benzene ring substituents is 1. The Morgan fingerprint density at radius 2 is 1.90 bits per heavy atom. The Morgan fingerprint density at radius 3 is 2.43 bits per heavy atom. The van der Waals surface area contributed by atoms with Crippen LogP contribution in [0.2, 0.25) is 0 Å². The van der Waals surface area contributed by atoms with Gasteiger partial charge in [0.2, 0.25) is 0 Å². The van der Waals surface area contributed by atoms with E-state index in [0.29, 0.717) is 19.1 Å². The highest BCUT2D eigenvalue weighted by molar-refractivity contribution is 5.94. The lowest BCUT2D eigenvalue weighted by molar-refractivity contribution is -0.385. The number of carbonyl (C=O) groups is 1. The van der Waals surface area contributed by atoms with E-state index in [2.05, 4.69) is 4.90 Å². The molecule has 0 spiro atoms. The summed E-state index contributed by atoms with van der Waals surface area (Å²) < 4.78 is 13.9. The molecule has 1 saturated heterocycles. The molecule has 1 saturated carbocycles. The first-order valence-corrected chi connectivity index (χ1v) is 7.03. The van der Waals surface area contributed by atoms with E-state index in [0.717, 1.165) is 25.2 Å². The van der Waals surface area contributed by atoms with Crippen molar-refractivity contribution < 1.29 is 14.1 Å². The number of amides is 1. The van der Waals surface area contributed by atoms with Crippen LogP contribution in [-0.2, 0) is 0 Å². The van der Waals surface area contributed by atoms with Crippen LogP contribution >= 0.6 is 0 Å². The van der Waals surface area contributed by atoms with Crippen LogP contribution in [0.5, 0.6) is 0 Å². The molecule has 0 bridgehead atoms. The van der Waals surface area contributed by atoms with Gasteiger partial charge in [0.1, 0.15) is 5.82 Å². The molecule has 0 unspecified atom stereocenters. The van der Waals surface area contributed by atoms with Crippen LogP contribution in [0.1, 0.15) is 23.2 Å². The van der Waals surface area contributed by atoms with E-state index >= 15 is 0 Å². The highest BCUT2D eigenvalue weighted by Crippen LogP contribution is 2.28. The Labute approximate surface area is 121 Å². The molecule has 0 atom stereocenters. The second-order valence-electron chi connectivity index (χ2n) is 5.48. The third kappa shape index (κ3) is 2.87. The second kappa shape index (κ2) is 5.40. The first-order valence-electron chi connectivity index (χ1n) is 7.03. The maximum absolute atomic E-state index is 13.9. The summed E-state index contributed by atoms with van der Waals surface area (Å²) in [6.07, 6.45) is 2.45. The molecule has 1 aromatic carbocycles. The molecule has 112 valence electrons. The molecule has 1 aliphatic heterocycles. The normalized spacial score (nSPS) is 19.6. The van der Waals surface area contributed by atoms with Crippen LogP contribution in [0, 0.1) is 15.9 Å². The zero-order valence-corrected chi connectivity index (χ0v) is 11.5. The summed E-state index contributed by atoms with van der Waals surface area (Å²) in [7, 11) is 0. The molecule has 1 aromatic rings. The fraction of sp³-hybridized carbons (Fsp3) is 0.500. The van der Waals surface area contributed by atoms with E-state index in [9.17, 15) is 19.3 Å². The molecule has 0 radical (unpaired) electrons. The Morgan fingerprint density at radius 1 is 1.24 bits per heavy atom. The Kier molecular flexibility index (Phi) is 3.59. The number of piperazine rings is 1. The van der Waals surface area contributed by atoms with Gasteiger partial charge in [0.05, 0.1) is 16.6 Å². The highest BCUT2D eigenvalue weighted by atomic mass is 19.1. The molecule has 7 heteroatoms. The van der Waals surface area contributed by atoms with Gasteiger partial charge in [-0.25, -0.2) is 4.39 Å². The Bertz CT molecular complexity index is 581. The minimum Gasteiger partial charge on any atom is -0.336 e. The van der Waals surface area contributed by atoms with Gasteiger partial charge in [-0.05, 0) is 18.9 Å². The van der Waals surface area contributed by atoms with Crippen molar-refractivity contribution in [2.75, 3.05) is 26.2 Å². The van der Waals surface area contributed by atoms with Gasteiger partial charge in [0, 0.05) is 38.3 Å². The first-order chi connectivity index (χ1) is 10.1. The van der Waals surface area contributed by atoms with Gasteiger partial charge in [0.25, 0.3) is 11.6 Å². The van der Waals surface area contributed by atoms with Crippen molar-refractivity contribution in [1.29, 1.82) is 0 Å². The lowest BCUT2D eigenvalue weighted by atomic mass is 10.1. The number of nitrogens with zero attached hydrogens (tertiary/aromatic N) is 3. The summed E-state index contributed by atoms with van der Waals surface area (Å²) in [5, 5.41) is 10.6.